The standard InChI is InChI=1S/C21H23NO/c1-13-11-20-18(16-5-3-4-6-19(16)23-20)12-17(13)21-14(2)22-9-7-15(21)8-10-22/h3-6,11-12,14-15,21H,7-10H2,1-2H3/t14-,21?/m1/s1. The van der Waals surface area contributed by atoms with E-state index in [9.17, 15) is 0 Å². The van der Waals surface area contributed by atoms with Crippen molar-refractivity contribution in [2.75, 3.05) is 13.1 Å². The van der Waals surface area contributed by atoms with Crippen molar-refractivity contribution in [1.82, 2.24) is 4.90 Å². The molecule has 23 heavy (non-hydrogen) atoms. The van der Waals surface area contributed by atoms with Gasteiger partial charge in [0, 0.05) is 22.7 Å². The summed E-state index contributed by atoms with van der Waals surface area (Å²) < 4.78 is 6.05. The molecule has 1 aromatic heterocycles. The van der Waals surface area contributed by atoms with Crippen molar-refractivity contribution in [3.05, 3.63) is 47.5 Å². The molecule has 0 radical (unpaired) electrons. The first kappa shape index (κ1) is 13.6. The van der Waals surface area contributed by atoms with Gasteiger partial charge >= 0.3 is 0 Å². The molecule has 1 unspecified atom stereocenters. The van der Waals surface area contributed by atoms with Crippen LogP contribution in [0, 0.1) is 12.8 Å². The number of benzene rings is 2. The van der Waals surface area contributed by atoms with Gasteiger partial charge in [-0.1, -0.05) is 18.2 Å². The number of piperidine rings is 3. The van der Waals surface area contributed by atoms with Crippen molar-refractivity contribution >= 4 is 21.9 Å². The van der Waals surface area contributed by atoms with Crippen molar-refractivity contribution < 1.29 is 4.42 Å². The van der Waals surface area contributed by atoms with Crippen molar-refractivity contribution in [1.29, 1.82) is 0 Å². The van der Waals surface area contributed by atoms with Gasteiger partial charge in [0.2, 0.25) is 0 Å². The number of hydrogen-bond donors (Lipinski definition) is 0. The van der Waals surface area contributed by atoms with Gasteiger partial charge in [-0.2, -0.15) is 0 Å². The van der Waals surface area contributed by atoms with Crippen LogP contribution in [0.3, 0.4) is 0 Å². The largest absolute Gasteiger partial charge is 0.456 e. The lowest BCUT2D eigenvalue weighted by molar-refractivity contribution is 0.0348. The molecule has 3 aliphatic heterocycles. The number of para-hydroxylation sites is 1. The van der Waals surface area contributed by atoms with Crippen LogP contribution in [0.1, 0.15) is 36.8 Å². The van der Waals surface area contributed by atoms with Gasteiger partial charge in [0.15, 0.2) is 0 Å². The molecule has 2 aromatic carbocycles. The third-order valence-corrected chi connectivity index (χ3v) is 6.30. The number of furan rings is 1. The molecular formula is C21H23NO. The number of aryl methyl sites for hydroxylation is 1. The fraction of sp³-hybridized carbons (Fsp3) is 0.429. The van der Waals surface area contributed by atoms with Gasteiger partial charge in [-0.05, 0) is 75.0 Å². The maximum Gasteiger partial charge on any atom is 0.135 e. The number of nitrogens with zero attached hydrogens (tertiary/aromatic N) is 1. The molecular weight excluding hydrogens is 282 g/mol. The summed E-state index contributed by atoms with van der Waals surface area (Å²) in [6.07, 6.45) is 2.72. The molecule has 3 aromatic rings. The Balaban J connectivity index is 1.72. The zero-order chi connectivity index (χ0) is 15.6. The highest BCUT2D eigenvalue weighted by Gasteiger charge is 2.41. The topological polar surface area (TPSA) is 16.4 Å². The minimum atomic E-state index is 0.664. The summed E-state index contributed by atoms with van der Waals surface area (Å²) in [5.74, 6) is 1.53. The van der Waals surface area contributed by atoms with E-state index < -0.39 is 0 Å². The van der Waals surface area contributed by atoms with Crippen LogP contribution in [0.5, 0.6) is 0 Å². The molecule has 0 N–H and O–H groups in total. The van der Waals surface area contributed by atoms with Crippen LogP contribution in [0.25, 0.3) is 21.9 Å². The Hall–Kier alpha value is -1.80. The predicted octanol–water partition coefficient (Wildman–Crippen LogP) is 5.09. The summed E-state index contributed by atoms with van der Waals surface area (Å²) in [7, 11) is 0. The number of rotatable bonds is 1. The highest BCUT2D eigenvalue weighted by Crippen LogP contribution is 2.45. The summed E-state index contributed by atoms with van der Waals surface area (Å²) in [6.45, 7) is 7.26. The van der Waals surface area contributed by atoms with Gasteiger partial charge in [0.1, 0.15) is 11.2 Å². The zero-order valence-corrected chi connectivity index (χ0v) is 13.9. The van der Waals surface area contributed by atoms with Gasteiger partial charge < -0.3 is 9.32 Å². The molecule has 2 nitrogen and oxygen atoms in total. The van der Waals surface area contributed by atoms with Crippen LogP contribution >= 0.6 is 0 Å². The second-order valence-corrected chi connectivity index (χ2v) is 7.44. The Morgan fingerprint density at radius 3 is 2.57 bits per heavy atom. The summed E-state index contributed by atoms with van der Waals surface area (Å²) in [4.78, 5) is 2.68. The average molecular weight is 305 g/mol. The number of hydrogen-bond acceptors (Lipinski definition) is 2. The van der Waals surface area contributed by atoms with E-state index in [1.54, 1.807) is 5.56 Å². The van der Waals surface area contributed by atoms with Gasteiger partial charge in [-0.3, -0.25) is 0 Å². The minimum Gasteiger partial charge on any atom is -0.456 e. The maximum atomic E-state index is 6.05. The quantitative estimate of drug-likeness (QED) is 0.622. The van der Waals surface area contributed by atoms with Crippen molar-refractivity contribution in [2.24, 2.45) is 5.92 Å². The normalized spacial score (nSPS) is 30.3. The highest BCUT2D eigenvalue weighted by molar-refractivity contribution is 6.05. The van der Waals surface area contributed by atoms with E-state index >= 15 is 0 Å². The van der Waals surface area contributed by atoms with E-state index in [0.29, 0.717) is 12.0 Å². The third kappa shape index (κ3) is 1.91. The van der Waals surface area contributed by atoms with Crippen molar-refractivity contribution in [3.8, 4) is 0 Å². The molecule has 2 heteroatoms. The van der Waals surface area contributed by atoms with E-state index in [0.717, 1.165) is 17.1 Å². The van der Waals surface area contributed by atoms with Gasteiger partial charge in [0.05, 0.1) is 0 Å². The van der Waals surface area contributed by atoms with E-state index in [2.05, 4.69) is 49.1 Å². The second kappa shape index (κ2) is 4.85. The van der Waals surface area contributed by atoms with E-state index in [1.165, 1.54) is 42.3 Å². The number of fused-ring (bicyclic) bond motifs is 6. The molecule has 3 aliphatic rings. The van der Waals surface area contributed by atoms with Crippen LogP contribution in [0.4, 0.5) is 0 Å². The summed E-state index contributed by atoms with van der Waals surface area (Å²) >= 11 is 0. The van der Waals surface area contributed by atoms with E-state index in [4.69, 9.17) is 4.42 Å². The Morgan fingerprint density at radius 2 is 1.78 bits per heavy atom. The Bertz CT molecular complexity index is 883. The predicted molar refractivity (Wildman–Crippen MR) is 95.0 cm³/mol. The van der Waals surface area contributed by atoms with Gasteiger partial charge in [-0.15, -0.1) is 0 Å². The molecule has 2 bridgehead atoms. The van der Waals surface area contributed by atoms with Crippen LogP contribution in [-0.2, 0) is 0 Å². The zero-order valence-electron chi connectivity index (χ0n) is 13.9. The van der Waals surface area contributed by atoms with Crippen LogP contribution in [0.15, 0.2) is 40.8 Å². The first-order chi connectivity index (χ1) is 11.2. The maximum absolute atomic E-state index is 6.05. The SMILES string of the molecule is Cc1cc2oc3ccccc3c2cc1C1C2CCN(CC2)[C@@H]1C. The lowest BCUT2D eigenvalue weighted by atomic mass is 9.70. The van der Waals surface area contributed by atoms with E-state index in [-0.39, 0.29) is 0 Å². The smallest absolute Gasteiger partial charge is 0.135 e. The average Bonchev–Trinajstić information content (AvgIpc) is 2.93. The molecule has 0 amide bonds. The van der Waals surface area contributed by atoms with Crippen molar-refractivity contribution in [3.63, 3.8) is 0 Å². The third-order valence-electron chi connectivity index (χ3n) is 6.30. The van der Waals surface area contributed by atoms with Gasteiger partial charge in [-0.25, -0.2) is 0 Å². The van der Waals surface area contributed by atoms with Crippen molar-refractivity contribution in [2.45, 2.75) is 38.6 Å². The molecule has 2 atom stereocenters. The summed E-state index contributed by atoms with van der Waals surface area (Å²) in [6, 6.07) is 13.8. The second-order valence-electron chi connectivity index (χ2n) is 7.44. The molecule has 0 spiro atoms. The first-order valence-corrected chi connectivity index (χ1v) is 8.88. The summed E-state index contributed by atoms with van der Waals surface area (Å²) in [5.41, 5.74) is 4.97. The molecule has 0 aliphatic carbocycles. The molecule has 118 valence electrons. The lowest BCUT2D eigenvalue weighted by Gasteiger charge is -2.50. The monoisotopic (exact) mass is 305 g/mol. The first-order valence-electron chi connectivity index (χ1n) is 8.88. The van der Waals surface area contributed by atoms with Crippen LogP contribution in [0.2, 0.25) is 0 Å². The Kier molecular flexibility index (Phi) is 2.87. The molecule has 6 rings (SSSR count). The fourth-order valence-corrected chi connectivity index (χ4v) is 5.07. The van der Waals surface area contributed by atoms with Gasteiger partial charge in [0.25, 0.3) is 0 Å². The summed E-state index contributed by atoms with van der Waals surface area (Å²) in [5, 5.41) is 2.53. The Labute approximate surface area is 137 Å². The fourth-order valence-electron chi connectivity index (χ4n) is 5.07. The van der Waals surface area contributed by atoms with Crippen LogP contribution in [-0.4, -0.2) is 24.0 Å². The molecule has 3 fully saturated rings. The van der Waals surface area contributed by atoms with E-state index in [1.807, 2.05) is 6.07 Å². The van der Waals surface area contributed by atoms with Crippen LogP contribution < -0.4 is 0 Å². The minimum absolute atomic E-state index is 0.664. The Morgan fingerprint density at radius 1 is 1.00 bits per heavy atom. The lowest BCUT2D eigenvalue weighted by Crippen LogP contribution is -2.52. The molecule has 0 saturated carbocycles. The highest BCUT2D eigenvalue weighted by atomic mass is 16.3. The molecule has 3 saturated heterocycles. The molecule has 4 heterocycles.